The Bertz CT molecular complexity index is 1500. The van der Waals surface area contributed by atoms with E-state index >= 15 is 0 Å². The molecule has 202 valence electrons. The van der Waals surface area contributed by atoms with E-state index in [1.807, 2.05) is 18.2 Å². The van der Waals surface area contributed by atoms with Gasteiger partial charge in [0.25, 0.3) is 11.8 Å². The zero-order valence-corrected chi connectivity index (χ0v) is 24.5. The lowest BCUT2D eigenvalue weighted by Gasteiger charge is -2.50. The molecule has 0 bridgehead atoms. The monoisotopic (exact) mass is 680 g/mol. The second kappa shape index (κ2) is 8.94. The van der Waals surface area contributed by atoms with Gasteiger partial charge in [0, 0.05) is 22.1 Å². The summed E-state index contributed by atoms with van der Waals surface area (Å²) in [4.78, 5) is 52.9. The summed E-state index contributed by atoms with van der Waals surface area (Å²) in [5.74, 6) is -5.29. The maximum Gasteiger partial charge on any atom is 0.253 e. The SMILES string of the molecule is COc1cccc(O)c1C1C2=CCC3C(=O)N(c4ccc(I)cc4)C(=O)C3C2CC2(Cl)C(=O)N(C)C(=O)C12Cl. The van der Waals surface area contributed by atoms with Crippen molar-refractivity contribution < 1.29 is 29.0 Å². The molecule has 2 saturated heterocycles. The van der Waals surface area contributed by atoms with Gasteiger partial charge in [-0.25, -0.2) is 0 Å². The molecule has 3 fully saturated rings. The number of allylic oxidation sites excluding steroid dienone is 2. The summed E-state index contributed by atoms with van der Waals surface area (Å²) < 4.78 is 6.51. The minimum Gasteiger partial charge on any atom is -0.508 e. The molecule has 0 radical (unpaired) electrons. The highest BCUT2D eigenvalue weighted by Gasteiger charge is 2.76. The average molecular weight is 681 g/mol. The number of fused-ring (bicyclic) bond motifs is 4. The molecule has 2 aromatic rings. The summed E-state index contributed by atoms with van der Waals surface area (Å²) in [5.41, 5.74) is 1.26. The van der Waals surface area contributed by atoms with Crippen molar-refractivity contribution in [3.05, 3.63) is 63.2 Å². The molecule has 6 unspecified atom stereocenters. The van der Waals surface area contributed by atoms with Crippen molar-refractivity contribution in [3.8, 4) is 11.5 Å². The van der Waals surface area contributed by atoms with E-state index in [0.29, 0.717) is 11.3 Å². The Hall–Kier alpha value is -2.63. The number of imide groups is 2. The summed E-state index contributed by atoms with van der Waals surface area (Å²) in [5, 5.41) is 11.0. The van der Waals surface area contributed by atoms with Crippen LogP contribution in [0.2, 0.25) is 0 Å². The molecule has 0 spiro atoms. The van der Waals surface area contributed by atoms with Gasteiger partial charge >= 0.3 is 0 Å². The Morgan fingerprint density at radius 2 is 1.69 bits per heavy atom. The molecule has 1 saturated carbocycles. The molecule has 2 heterocycles. The number of hydrogen-bond donors (Lipinski definition) is 1. The Balaban J connectivity index is 1.55. The fraction of sp³-hybridized carbons (Fsp3) is 0.357. The fourth-order valence-electron chi connectivity index (χ4n) is 6.91. The van der Waals surface area contributed by atoms with Gasteiger partial charge in [0.05, 0.1) is 24.6 Å². The Labute approximate surface area is 248 Å². The number of halogens is 3. The maximum atomic E-state index is 14.0. The summed E-state index contributed by atoms with van der Waals surface area (Å²) in [7, 11) is 2.74. The van der Waals surface area contributed by atoms with Gasteiger partial charge in [-0.2, -0.15) is 0 Å². The molecular formula is C28H23Cl2IN2O6. The molecule has 8 nitrogen and oxygen atoms in total. The van der Waals surface area contributed by atoms with Crippen molar-refractivity contribution in [1.82, 2.24) is 4.90 Å². The standard InChI is InChI=1S/C28H23Cl2IN2O6/c1-32-25(37)27(29)12-17-15(22(28(27,30)26(32)38)21-18(34)4-3-5-19(21)39-2)10-11-16-20(17)24(36)33(23(16)35)14-8-6-13(31)7-9-14/h3-10,16-17,20,22,34H,11-12H2,1-2H3. The van der Waals surface area contributed by atoms with Gasteiger partial charge in [-0.1, -0.05) is 17.7 Å². The molecule has 11 heteroatoms. The van der Waals surface area contributed by atoms with E-state index in [1.54, 1.807) is 24.3 Å². The smallest absolute Gasteiger partial charge is 0.253 e. The normalized spacial score (nSPS) is 33.6. The number of carbonyl (C=O) groups excluding carboxylic acids is 4. The fourth-order valence-corrected chi connectivity index (χ4v) is 8.27. The van der Waals surface area contributed by atoms with Gasteiger partial charge in [-0.15, -0.1) is 23.2 Å². The van der Waals surface area contributed by atoms with E-state index in [-0.39, 0.29) is 35.8 Å². The lowest BCUT2D eigenvalue weighted by molar-refractivity contribution is -0.138. The van der Waals surface area contributed by atoms with Crippen LogP contribution in [0, 0.1) is 21.3 Å². The van der Waals surface area contributed by atoms with Gasteiger partial charge in [0.2, 0.25) is 11.8 Å². The Kier molecular flexibility index (Phi) is 6.09. The first-order chi connectivity index (χ1) is 18.5. The summed E-state index contributed by atoms with van der Waals surface area (Å²) in [6.07, 6.45) is 1.93. The third-order valence-electron chi connectivity index (χ3n) is 8.65. The first-order valence-corrected chi connectivity index (χ1v) is 14.2. The van der Waals surface area contributed by atoms with Crippen LogP contribution in [0.15, 0.2) is 54.1 Å². The first-order valence-electron chi connectivity index (χ1n) is 12.4. The lowest BCUT2D eigenvalue weighted by atomic mass is 9.56. The van der Waals surface area contributed by atoms with Crippen molar-refractivity contribution in [2.45, 2.75) is 28.5 Å². The highest BCUT2D eigenvalue weighted by molar-refractivity contribution is 14.1. The van der Waals surface area contributed by atoms with Gasteiger partial charge in [0.1, 0.15) is 11.5 Å². The number of amides is 4. The number of hydrogen-bond acceptors (Lipinski definition) is 6. The van der Waals surface area contributed by atoms with Crippen LogP contribution in [0.4, 0.5) is 5.69 Å². The number of anilines is 1. The van der Waals surface area contributed by atoms with E-state index in [1.165, 1.54) is 25.1 Å². The van der Waals surface area contributed by atoms with Crippen LogP contribution in [-0.4, -0.2) is 57.5 Å². The van der Waals surface area contributed by atoms with Crippen molar-refractivity contribution in [2.75, 3.05) is 19.1 Å². The van der Waals surface area contributed by atoms with Gasteiger partial charge in [-0.05, 0) is 77.7 Å². The summed E-state index contributed by atoms with van der Waals surface area (Å²) in [6, 6.07) is 11.7. The Morgan fingerprint density at radius 1 is 1.00 bits per heavy atom. The van der Waals surface area contributed by atoms with Gasteiger partial charge in [-0.3, -0.25) is 29.0 Å². The lowest BCUT2D eigenvalue weighted by Crippen LogP contribution is -2.60. The largest absolute Gasteiger partial charge is 0.508 e. The second-order valence-corrected chi connectivity index (χ2v) is 12.9. The molecule has 39 heavy (non-hydrogen) atoms. The molecule has 2 aromatic carbocycles. The van der Waals surface area contributed by atoms with E-state index in [0.717, 1.165) is 8.47 Å². The van der Waals surface area contributed by atoms with Gasteiger partial charge < -0.3 is 9.84 Å². The molecule has 1 N–H and O–H groups in total. The molecule has 6 rings (SSSR count). The van der Waals surface area contributed by atoms with Crippen LogP contribution in [0.3, 0.4) is 0 Å². The molecule has 4 aliphatic rings. The number of carbonyl (C=O) groups is 4. The number of ether oxygens (including phenoxy) is 1. The van der Waals surface area contributed by atoms with E-state index < -0.39 is 51.1 Å². The van der Waals surface area contributed by atoms with E-state index in [2.05, 4.69) is 22.6 Å². The number of likely N-dealkylation sites (tertiary alicyclic amines) is 1. The first kappa shape index (κ1) is 26.6. The maximum absolute atomic E-state index is 14.0. The predicted octanol–water partition coefficient (Wildman–Crippen LogP) is 4.20. The van der Waals surface area contributed by atoms with Crippen LogP contribution >= 0.6 is 45.8 Å². The minimum atomic E-state index is -2.00. The molecule has 6 atom stereocenters. The number of phenolic OH excluding ortho intramolecular Hbond substituents is 1. The topological polar surface area (TPSA) is 104 Å². The number of rotatable bonds is 3. The molecular weight excluding hydrogens is 658 g/mol. The number of alkyl halides is 2. The second-order valence-electron chi connectivity index (χ2n) is 10.4. The molecule has 2 aliphatic carbocycles. The number of nitrogens with zero attached hydrogens (tertiary/aromatic N) is 2. The number of methoxy groups -OCH3 is 1. The quantitative estimate of drug-likeness (QED) is 0.226. The predicted molar refractivity (Wildman–Crippen MR) is 152 cm³/mol. The number of aromatic hydroxyl groups is 1. The number of benzene rings is 2. The van der Waals surface area contributed by atoms with Crippen LogP contribution in [-0.2, 0) is 19.2 Å². The average Bonchev–Trinajstić information content (AvgIpc) is 3.24. The van der Waals surface area contributed by atoms with Crippen molar-refractivity contribution in [3.63, 3.8) is 0 Å². The highest BCUT2D eigenvalue weighted by Crippen LogP contribution is 2.66. The van der Waals surface area contributed by atoms with Crippen LogP contribution < -0.4 is 9.64 Å². The molecule has 4 amide bonds. The summed E-state index contributed by atoms with van der Waals surface area (Å²) >= 11 is 16.5. The summed E-state index contributed by atoms with van der Waals surface area (Å²) in [6.45, 7) is 0. The van der Waals surface area contributed by atoms with Gasteiger partial charge in [0.15, 0.2) is 9.75 Å². The van der Waals surface area contributed by atoms with Crippen molar-refractivity contribution >= 4 is 75.1 Å². The molecule has 0 aromatic heterocycles. The Morgan fingerprint density at radius 3 is 2.36 bits per heavy atom. The van der Waals surface area contributed by atoms with E-state index in [4.69, 9.17) is 27.9 Å². The van der Waals surface area contributed by atoms with Crippen LogP contribution in [0.25, 0.3) is 0 Å². The number of phenols is 1. The molecule has 2 aliphatic heterocycles. The third-order valence-corrected chi connectivity index (χ3v) is 10.8. The van der Waals surface area contributed by atoms with Crippen LogP contribution in [0.5, 0.6) is 11.5 Å². The minimum absolute atomic E-state index is 0.119. The van der Waals surface area contributed by atoms with Crippen LogP contribution in [0.1, 0.15) is 24.3 Å². The van der Waals surface area contributed by atoms with Crippen molar-refractivity contribution in [2.24, 2.45) is 17.8 Å². The zero-order chi connectivity index (χ0) is 28.0. The zero-order valence-electron chi connectivity index (χ0n) is 20.9. The van der Waals surface area contributed by atoms with Crippen molar-refractivity contribution in [1.29, 1.82) is 0 Å². The highest BCUT2D eigenvalue weighted by atomic mass is 127. The van der Waals surface area contributed by atoms with E-state index in [9.17, 15) is 24.3 Å². The third kappa shape index (κ3) is 3.35.